The van der Waals surface area contributed by atoms with Crippen LogP contribution in [-0.2, 0) is 0 Å². The summed E-state index contributed by atoms with van der Waals surface area (Å²) in [5, 5.41) is 13.2. The predicted molar refractivity (Wildman–Crippen MR) is 53.5 cm³/mol. The van der Waals surface area contributed by atoms with E-state index in [4.69, 9.17) is 0 Å². The van der Waals surface area contributed by atoms with E-state index in [0.717, 1.165) is 19.5 Å². The Labute approximate surface area is 80.7 Å². The molecule has 0 aromatic heterocycles. The largest absolute Gasteiger partial charge is 0.387 e. The van der Waals surface area contributed by atoms with Crippen LogP contribution in [0.5, 0.6) is 0 Å². The van der Waals surface area contributed by atoms with Gasteiger partial charge >= 0.3 is 0 Å². The maximum Gasteiger partial charge on any atom is 0.0898 e. The predicted octanol–water partition coefficient (Wildman–Crippen LogP) is 1.39. The lowest BCUT2D eigenvalue weighted by molar-refractivity contribution is -0.0259. The van der Waals surface area contributed by atoms with Crippen LogP contribution in [0.3, 0.4) is 0 Å². The van der Waals surface area contributed by atoms with Crippen molar-refractivity contribution in [1.82, 2.24) is 5.32 Å². The summed E-state index contributed by atoms with van der Waals surface area (Å²) in [4.78, 5) is 0. The van der Waals surface area contributed by atoms with Gasteiger partial charge in [0, 0.05) is 13.1 Å². The normalized spacial score (nSPS) is 33.9. The van der Waals surface area contributed by atoms with Gasteiger partial charge in [-0.15, -0.1) is 0 Å². The van der Waals surface area contributed by atoms with E-state index < -0.39 is 5.60 Å². The third-order valence-electron chi connectivity index (χ3n) is 4.81. The lowest BCUT2D eigenvalue weighted by Gasteiger charge is -2.38. The maximum atomic E-state index is 10.0. The molecule has 0 atom stereocenters. The molecule has 1 saturated heterocycles. The van der Waals surface area contributed by atoms with Crippen molar-refractivity contribution < 1.29 is 5.11 Å². The van der Waals surface area contributed by atoms with E-state index in [1.165, 1.54) is 0 Å². The van der Waals surface area contributed by atoms with Crippen molar-refractivity contribution in [3.8, 4) is 0 Å². The van der Waals surface area contributed by atoms with E-state index in [1.54, 1.807) is 0 Å². The minimum absolute atomic E-state index is 0.393. The molecule has 2 heteroatoms. The third kappa shape index (κ3) is 1.15. The molecule has 0 bridgehead atoms. The van der Waals surface area contributed by atoms with Gasteiger partial charge in [-0.2, -0.15) is 0 Å². The fraction of sp³-hybridized carbons (Fsp3) is 1.00. The first-order chi connectivity index (χ1) is 5.80. The first-order valence-electron chi connectivity index (χ1n) is 5.23. The van der Waals surface area contributed by atoms with Crippen LogP contribution in [0.15, 0.2) is 0 Å². The average molecular weight is 183 g/mol. The molecule has 0 spiro atoms. The standard InChI is InChI=1S/C11H21NO/c1-9(2)8(10(9,3)4)5-11(13)6-12-7-11/h8,12-13H,5-7H2,1-4H3. The van der Waals surface area contributed by atoms with Crippen molar-refractivity contribution in [3.63, 3.8) is 0 Å². The lowest BCUT2D eigenvalue weighted by atomic mass is 9.88. The number of rotatable bonds is 2. The quantitative estimate of drug-likeness (QED) is 0.678. The Hall–Kier alpha value is -0.0800. The molecule has 1 aliphatic carbocycles. The molecule has 2 N–H and O–H groups in total. The summed E-state index contributed by atoms with van der Waals surface area (Å²) in [6, 6.07) is 0. The van der Waals surface area contributed by atoms with E-state index >= 15 is 0 Å². The van der Waals surface area contributed by atoms with Crippen LogP contribution in [0.2, 0.25) is 0 Å². The molecular formula is C11H21NO. The molecule has 76 valence electrons. The number of aliphatic hydroxyl groups is 1. The smallest absolute Gasteiger partial charge is 0.0898 e. The molecule has 0 aromatic carbocycles. The van der Waals surface area contributed by atoms with E-state index in [2.05, 4.69) is 33.0 Å². The van der Waals surface area contributed by atoms with Gasteiger partial charge in [0.05, 0.1) is 5.60 Å². The molecule has 13 heavy (non-hydrogen) atoms. The second-order valence-electron chi connectivity index (χ2n) is 6.03. The SMILES string of the molecule is CC1(C)C(CC2(O)CNC2)C1(C)C. The highest BCUT2D eigenvalue weighted by atomic mass is 16.3. The van der Waals surface area contributed by atoms with Crippen molar-refractivity contribution in [2.24, 2.45) is 16.7 Å². The molecule has 2 rings (SSSR count). The van der Waals surface area contributed by atoms with Gasteiger partial charge in [0.25, 0.3) is 0 Å². The molecule has 0 unspecified atom stereocenters. The first-order valence-corrected chi connectivity index (χ1v) is 5.23. The summed E-state index contributed by atoms with van der Waals surface area (Å²) >= 11 is 0. The zero-order valence-electron chi connectivity index (χ0n) is 9.15. The van der Waals surface area contributed by atoms with Crippen LogP contribution in [0, 0.1) is 16.7 Å². The van der Waals surface area contributed by atoms with E-state index in [-0.39, 0.29) is 0 Å². The highest BCUT2D eigenvalue weighted by Crippen LogP contribution is 2.70. The van der Waals surface area contributed by atoms with Crippen molar-refractivity contribution in [2.75, 3.05) is 13.1 Å². The second-order valence-corrected chi connectivity index (χ2v) is 6.03. The monoisotopic (exact) mass is 183 g/mol. The summed E-state index contributed by atoms with van der Waals surface area (Å²) < 4.78 is 0. The zero-order valence-corrected chi connectivity index (χ0v) is 9.15. The highest BCUT2D eigenvalue weighted by Gasteiger charge is 2.66. The molecule has 2 fully saturated rings. The van der Waals surface area contributed by atoms with Crippen molar-refractivity contribution >= 4 is 0 Å². The highest BCUT2D eigenvalue weighted by molar-refractivity contribution is 5.15. The van der Waals surface area contributed by atoms with Gasteiger partial charge in [-0.25, -0.2) is 0 Å². The van der Waals surface area contributed by atoms with Gasteiger partial charge in [0.1, 0.15) is 0 Å². The molecule has 1 saturated carbocycles. The van der Waals surface area contributed by atoms with E-state index in [0.29, 0.717) is 16.7 Å². The Morgan fingerprint density at radius 1 is 1.15 bits per heavy atom. The fourth-order valence-corrected chi connectivity index (χ4v) is 2.78. The average Bonchev–Trinajstić information content (AvgIpc) is 2.29. The van der Waals surface area contributed by atoms with Crippen LogP contribution in [0.4, 0.5) is 0 Å². The van der Waals surface area contributed by atoms with Gasteiger partial charge in [-0.1, -0.05) is 27.7 Å². The molecule has 2 aliphatic rings. The Kier molecular flexibility index (Phi) is 1.67. The first kappa shape index (κ1) is 9.47. The Morgan fingerprint density at radius 2 is 1.62 bits per heavy atom. The summed E-state index contributed by atoms with van der Waals surface area (Å²) in [6.45, 7) is 10.8. The topological polar surface area (TPSA) is 32.3 Å². The molecule has 0 radical (unpaired) electrons. The molecule has 1 heterocycles. The van der Waals surface area contributed by atoms with Gasteiger partial charge in [0.15, 0.2) is 0 Å². The summed E-state index contributed by atoms with van der Waals surface area (Å²) in [7, 11) is 0. The minimum atomic E-state index is -0.393. The number of nitrogens with one attached hydrogen (secondary N) is 1. The number of β-amino-alcohol motifs (C(OH)–C–C–N with tert-alkyl or cyclic N) is 1. The van der Waals surface area contributed by atoms with Crippen LogP contribution in [0.1, 0.15) is 34.1 Å². The van der Waals surface area contributed by atoms with Crippen molar-refractivity contribution in [3.05, 3.63) is 0 Å². The van der Waals surface area contributed by atoms with Crippen LogP contribution >= 0.6 is 0 Å². The second kappa shape index (κ2) is 2.29. The number of hydrogen-bond donors (Lipinski definition) is 2. The summed E-state index contributed by atoms with van der Waals surface area (Å²) in [5.41, 5.74) is 0.437. The van der Waals surface area contributed by atoms with Gasteiger partial charge < -0.3 is 10.4 Å². The number of hydrogen-bond acceptors (Lipinski definition) is 2. The Bertz CT molecular complexity index is 214. The fourth-order valence-electron chi connectivity index (χ4n) is 2.78. The molecule has 2 nitrogen and oxygen atoms in total. The van der Waals surface area contributed by atoms with E-state index in [9.17, 15) is 5.11 Å². The van der Waals surface area contributed by atoms with Crippen molar-refractivity contribution in [2.45, 2.75) is 39.7 Å². The maximum absolute atomic E-state index is 10.0. The Balaban J connectivity index is 1.98. The summed E-state index contributed by atoms with van der Waals surface area (Å²) in [5.74, 6) is 0.687. The van der Waals surface area contributed by atoms with Crippen LogP contribution in [0.25, 0.3) is 0 Å². The Morgan fingerprint density at radius 3 is 1.85 bits per heavy atom. The van der Waals surface area contributed by atoms with Gasteiger partial charge in [0.2, 0.25) is 0 Å². The molecule has 0 aromatic rings. The summed E-state index contributed by atoms with van der Waals surface area (Å²) in [6.07, 6.45) is 0.972. The zero-order chi connectivity index (χ0) is 9.91. The lowest BCUT2D eigenvalue weighted by Crippen LogP contribution is -2.59. The van der Waals surface area contributed by atoms with Gasteiger partial charge in [-0.05, 0) is 23.2 Å². The van der Waals surface area contributed by atoms with Crippen molar-refractivity contribution in [1.29, 1.82) is 0 Å². The van der Waals surface area contributed by atoms with Crippen LogP contribution in [-0.4, -0.2) is 23.8 Å². The molecular weight excluding hydrogens is 162 g/mol. The van der Waals surface area contributed by atoms with Gasteiger partial charge in [-0.3, -0.25) is 0 Å². The molecule has 1 aliphatic heterocycles. The molecule has 0 amide bonds. The third-order valence-corrected chi connectivity index (χ3v) is 4.81. The minimum Gasteiger partial charge on any atom is -0.387 e. The van der Waals surface area contributed by atoms with Crippen LogP contribution < -0.4 is 5.32 Å². The van der Waals surface area contributed by atoms with E-state index in [1.807, 2.05) is 0 Å².